The number of hydrogen-bond acceptors (Lipinski definition) is 3. The van der Waals surface area contributed by atoms with Crippen molar-refractivity contribution < 1.29 is 9.53 Å². The Hall–Kier alpha value is -1.55. The van der Waals surface area contributed by atoms with E-state index >= 15 is 0 Å². The average molecular weight is 276 g/mol. The molecule has 1 unspecified atom stereocenters. The van der Waals surface area contributed by atoms with E-state index in [0.29, 0.717) is 0 Å². The smallest absolute Gasteiger partial charge is 0.228 e. The van der Waals surface area contributed by atoms with E-state index in [9.17, 15) is 4.79 Å². The maximum Gasteiger partial charge on any atom is 0.228 e. The van der Waals surface area contributed by atoms with Gasteiger partial charge in [0, 0.05) is 6.54 Å². The Kier molecular flexibility index (Phi) is 5.01. The molecule has 1 N–H and O–H groups in total. The first-order valence-corrected chi connectivity index (χ1v) is 7.31. The molecule has 1 aromatic carbocycles. The molecule has 0 saturated carbocycles. The van der Waals surface area contributed by atoms with E-state index in [-0.39, 0.29) is 17.9 Å². The topological polar surface area (TPSA) is 41.6 Å². The molecule has 4 heteroatoms. The highest BCUT2D eigenvalue weighted by Gasteiger charge is 2.24. The minimum atomic E-state index is 0.0702. The molecule has 4 nitrogen and oxygen atoms in total. The first-order chi connectivity index (χ1) is 9.56. The van der Waals surface area contributed by atoms with Gasteiger partial charge in [0.25, 0.3) is 0 Å². The zero-order valence-corrected chi connectivity index (χ0v) is 12.6. The number of amides is 1. The van der Waals surface area contributed by atoms with Gasteiger partial charge in [-0.25, -0.2) is 0 Å². The normalized spacial score (nSPS) is 19.9. The lowest BCUT2D eigenvalue weighted by atomic mass is 9.97. The highest BCUT2D eigenvalue weighted by Crippen LogP contribution is 2.26. The molecule has 0 aliphatic carbocycles. The number of hydrogen-bond donors (Lipinski definition) is 1. The van der Waals surface area contributed by atoms with Gasteiger partial charge < -0.3 is 15.0 Å². The number of carbonyl (C=O) groups is 1. The summed E-state index contributed by atoms with van der Waals surface area (Å²) in [7, 11) is 2.06. The van der Waals surface area contributed by atoms with E-state index in [2.05, 4.69) is 17.3 Å². The second-order valence-electron chi connectivity index (χ2n) is 5.75. The number of anilines is 1. The molecule has 1 aliphatic rings. The van der Waals surface area contributed by atoms with Crippen LogP contribution in [0, 0.1) is 5.92 Å². The average Bonchev–Trinajstić information content (AvgIpc) is 2.40. The van der Waals surface area contributed by atoms with Crippen molar-refractivity contribution >= 4 is 11.6 Å². The maximum absolute atomic E-state index is 12.4. The summed E-state index contributed by atoms with van der Waals surface area (Å²) in [4.78, 5) is 14.6. The number of piperidine rings is 1. The lowest BCUT2D eigenvalue weighted by Gasteiger charge is -2.29. The fraction of sp³-hybridized carbons (Fsp3) is 0.562. The molecule has 1 saturated heterocycles. The Morgan fingerprint density at radius 2 is 2.15 bits per heavy atom. The lowest BCUT2D eigenvalue weighted by Crippen LogP contribution is -2.38. The largest absolute Gasteiger partial charge is 0.489 e. The third-order valence-corrected chi connectivity index (χ3v) is 3.50. The van der Waals surface area contributed by atoms with Crippen molar-refractivity contribution in [3.63, 3.8) is 0 Å². The van der Waals surface area contributed by atoms with Crippen molar-refractivity contribution in [2.45, 2.75) is 32.8 Å². The van der Waals surface area contributed by atoms with Crippen LogP contribution >= 0.6 is 0 Å². The number of ether oxygens (including phenoxy) is 1. The number of nitrogens with zero attached hydrogens (tertiary/aromatic N) is 1. The minimum absolute atomic E-state index is 0.0702. The molecule has 1 aliphatic heterocycles. The van der Waals surface area contributed by atoms with E-state index < -0.39 is 0 Å². The van der Waals surface area contributed by atoms with Crippen molar-refractivity contribution in [2.24, 2.45) is 5.92 Å². The van der Waals surface area contributed by atoms with E-state index in [1.165, 1.54) is 0 Å². The summed E-state index contributed by atoms with van der Waals surface area (Å²) >= 11 is 0. The Labute approximate surface area is 121 Å². The highest BCUT2D eigenvalue weighted by atomic mass is 16.5. The molecule has 20 heavy (non-hydrogen) atoms. The van der Waals surface area contributed by atoms with E-state index in [1.54, 1.807) is 0 Å². The lowest BCUT2D eigenvalue weighted by molar-refractivity contribution is -0.121. The van der Waals surface area contributed by atoms with Crippen LogP contribution in [-0.2, 0) is 4.79 Å². The maximum atomic E-state index is 12.4. The Bertz CT molecular complexity index is 460. The van der Waals surface area contributed by atoms with Gasteiger partial charge in [-0.15, -0.1) is 0 Å². The van der Waals surface area contributed by atoms with Crippen LogP contribution in [0.25, 0.3) is 0 Å². The molecule has 0 spiro atoms. The van der Waals surface area contributed by atoms with Gasteiger partial charge in [0.15, 0.2) is 0 Å². The number of nitrogens with one attached hydrogen (secondary N) is 1. The quantitative estimate of drug-likeness (QED) is 0.919. The van der Waals surface area contributed by atoms with Gasteiger partial charge in [0.1, 0.15) is 5.75 Å². The van der Waals surface area contributed by atoms with E-state index in [1.807, 2.05) is 38.1 Å². The molecule has 1 aromatic rings. The van der Waals surface area contributed by atoms with Crippen molar-refractivity contribution in [3.8, 4) is 5.75 Å². The summed E-state index contributed by atoms with van der Waals surface area (Å²) < 4.78 is 5.73. The van der Waals surface area contributed by atoms with Crippen LogP contribution in [0.5, 0.6) is 5.75 Å². The second kappa shape index (κ2) is 6.75. The second-order valence-corrected chi connectivity index (χ2v) is 5.75. The summed E-state index contributed by atoms with van der Waals surface area (Å²) in [6, 6.07) is 7.61. The van der Waals surface area contributed by atoms with Crippen LogP contribution in [0.3, 0.4) is 0 Å². The molecular weight excluding hydrogens is 252 g/mol. The van der Waals surface area contributed by atoms with Crippen LogP contribution in [0.2, 0.25) is 0 Å². The first kappa shape index (κ1) is 14.9. The van der Waals surface area contributed by atoms with E-state index in [4.69, 9.17) is 4.74 Å². The SMILES string of the molecule is CC(C)Oc1ccccc1NC(=O)C1CCCN(C)C1. The number of rotatable bonds is 4. The zero-order chi connectivity index (χ0) is 14.5. The van der Waals surface area contributed by atoms with Crippen LogP contribution in [0.1, 0.15) is 26.7 Å². The fourth-order valence-electron chi connectivity index (χ4n) is 2.54. The third kappa shape index (κ3) is 3.97. The zero-order valence-electron chi connectivity index (χ0n) is 12.6. The highest BCUT2D eigenvalue weighted by molar-refractivity contribution is 5.94. The van der Waals surface area contributed by atoms with Crippen LogP contribution < -0.4 is 10.1 Å². The summed E-state index contributed by atoms with van der Waals surface area (Å²) in [5.74, 6) is 0.900. The van der Waals surface area contributed by atoms with E-state index in [0.717, 1.165) is 37.4 Å². The molecule has 0 aromatic heterocycles. The third-order valence-electron chi connectivity index (χ3n) is 3.50. The standard InChI is InChI=1S/C16H24N2O2/c1-12(2)20-15-9-5-4-8-14(15)17-16(19)13-7-6-10-18(3)11-13/h4-5,8-9,12-13H,6-7,10-11H2,1-3H3,(H,17,19). The summed E-state index contributed by atoms with van der Waals surface area (Å²) in [5.41, 5.74) is 0.763. The van der Waals surface area contributed by atoms with Crippen molar-refractivity contribution in [2.75, 3.05) is 25.5 Å². The molecule has 110 valence electrons. The monoisotopic (exact) mass is 276 g/mol. The number of para-hydroxylation sites is 2. The Morgan fingerprint density at radius 3 is 2.85 bits per heavy atom. The van der Waals surface area contributed by atoms with Gasteiger partial charge in [-0.05, 0) is 52.4 Å². The van der Waals surface area contributed by atoms with Crippen LogP contribution in [0.15, 0.2) is 24.3 Å². The van der Waals surface area contributed by atoms with Crippen molar-refractivity contribution in [1.82, 2.24) is 4.90 Å². The molecule has 1 amide bonds. The summed E-state index contributed by atoms with van der Waals surface area (Å²) in [6.07, 6.45) is 2.14. The summed E-state index contributed by atoms with van der Waals surface area (Å²) in [6.45, 7) is 5.87. The molecule has 0 radical (unpaired) electrons. The van der Waals surface area contributed by atoms with Crippen molar-refractivity contribution in [1.29, 1.82) is 0 Å². The Morgan fingerprint density at radius 1 is 1.40 bits per heavy atom. The predicted octanol–water partition coefficient (Wildman–Crippen LogP) is 2.75. The predicted molar refractivity (Wildman–Crippen MR) is 81.1 cm³/mol. The molecular formula is C16H24N2O2. The number of likely N-dealkylation sites (tertiary alicyclic amines) is 1. The van der Waals surface area contributed by atoms with Crippen LogP contribution in [0.4, 0.5) is 5.69 Å². The van der Waals surface area contributed by atoms with Crippen molar-refractivity contribution in [3.05, 3.63) is 24.3 Å². The molecule has 1 heterocycles. The molecule has 0 bridgehead atoms. The Balaban J connectivity index is 2.03. The van der Waals surface area contributed by atoms with Gasteiger partial charge in [-0.3, -0.25) is 4.79 Å². The van der Waals surface area contributed by atoms with Gasteiger partial charge in [0.05, 0.1) is 17.7 Å². The fourth-order valence-corrected chi connectivity index (χ4v) is 2.54. The molecule has 1 atom stereocenters. The first-order valence-electron chi connectivity index (χ1n) is 7.31. The van der Waals surface area contributed by atoms with Gasteiger partial charge in [0.2, 0.25) is 5.91 Å². The molecule has 2 rings (SSSR count). The van der Waals surface area contributed by atoms with Gasteiger partial charge in [-0.1, -0.05) is 12.1 Å². The van der Waals surface area contributed by atoms with Gasteiger partial charge in [-0.2, -0.15) is 0 Å². The van der Waals surface area contributed by atoms with Gasteiger partial charge >= 0.3 is 0 Å². The number of carbonyl (C=O) groups excluding carboxylic acids is 1. The molecule has 1 fully saturated rings. The summed E-state index contributed by atoms with van der Waals surface area (Å²) in [5, 5.41) is 3.02. The minimum Gasteiger partial charge on any atom is -0.489 e. The number of benzene rings is 1. The van der Waals surface area contributed by atoms with Crippen LogP contribution in [-0.4, -0.2) is 37.0 Å².